The fourth-order valence-electron chi connectivity index (χ4n) is 0.197. The van der Waals surface area contributed by atoms with E-state index in [0.29, 0.717) is 5.70 Å². The van der Waals surface area contributed by atoms with Gasteiger partial charge in [0.25, 0.3) is 0 Å². The van der Waals surface area contributed by atoms with Gasteiger partial charge in [0.1, 0.15) is 5.83 Å². The van der Waals surface area contributed by atoms with Gasteiger partial charge in [-0.05, 0) is 12.2 Å². The summed E-state index contributed by atoms with van der Waals surface area (Å²) in [6.45, 7) is 10.3. The van der Waals surface area contributed by atoms with Crippen molar-refractivity contribution in [3.63, 3.8) is 0 Å². The molecule has 0 aliphatic rings. The maximum Gasteiger partial charge on any atom is 0.116 e. The van der Waals surface area contributed by atoms with Crippen molar-refractivity contribution in [1.29, 1.82) is 0 Å². The van der Waals surface area contributed by atoms with E-state index in [1.807, 2.05) is 13.8 Å². The van der Waals surface area contributed by atoms with Gasteiger partial charge in [-0.3, -0.25) is 0 Å². The van der Waals surface area contributed by atoms with Gasteiger partial charge in [-0.1, -0.05) is 27.0 Å². The van der Waals surface area contributed by atoms with Gasteiger partial charge < -0.3 is 5.73 Å². The Bertz CT molecular complexity index is 120. The molecule has 58 valence electrons. The normalized spacial score (nSPS) is 8.30. The maximum atomic E-state index is 11.7. The second kappa shape index (κ2) is 7.95. The largest absolute Gasteiger partial charge is 0.399 e. The summed E-state index contributed by atoms with van der Waals surface area (Å²) in [6, 6.07) is 0. The lowest BCUT2D eigenvalue weighted by molar-refractivity contribution is 0.671. The second-order valence-corrected chi connectivity index (χ2v) is 1.36. The molecule has 2 N–H and O–H groups in total. The minimum atomic E-state index is -0.517. The summed E-state index contributed by atoms with van der Waals surface area (Å²) in [5.41, 5.74) is 5.37. The molecule has 0 amide bonds. The number of rotatable bonds is 2. The number of hydrogen-bond acceptors (Lipinski definition) is 1. The van der Waals surface area contributed by atoms with Crippen LogP contribution in [0.4, 0.5) is 4.39 Å². The van der Waals surface area contributed by atoms with Crippen LogP contribution < -0.4 is 5.73 Å². The summed E-state index contributed by atoms with van der Waals surface area (Å²) >= 11 is 0. The van der Waals surface area contributed by atoms with E-state index in [1.54, 1.807) is 0 Å². The predicted molar refractivity (Wildman–Crippen MR) is 44.1 cm³/mol. The van der Waals surface area contributed by atoms with Gasteiger partial charge in [0, 0.05) is 5.70 Å². The highest BCUT2D eigenvalue weighted by molar-refractivity contribution is 5.17. The van der Waals surface area contributed by atoms with Crippen molar-refractivity contribution in [1.82, 2.24) is 0 Å². The van der Waals surface area contributed by atoms with Crippen LogP contribution in [0.25, 0.3) is 0 Å². The Hall–Kier alpha value is -1.05. The van der Waals surface area contributed by atoms with Crippen LogP contribution in [-0.4, -0.2) is 0 Å². The highest BCUT2D eigenvalue weighted by atomic mass is 19.1. The summed E-state index contributed by atoms with van der Waals surface area (Å²) in [5.74, 6) is -0.517. The lowest BCUT2D eigenvalue weighted by Gasteiger charge is -1.82. The zero-order valence-electron chi connectivity index (χ0n) is 6.52. The first-order valence-electron chi connectivity index (χ1n) is 3.10. The van der Waals surface area contributed by atoms with E-state index >= 15 is 0 Å². The van der Waals surface area contributed by atoms with E-state index in [-0.39, 0.29) is 0 Å². The summed E-state index contributed by atoms with van der Waals surface area (Å²) in [5, 5.41) is 0. The molecule has 0 aromatic heterocycles. The van der Waals surface area contributed by atoms with E-state index in [1.165, 1.54) is 6.08 Å². The fourth-order valence-corrected chi connectivity index (χ4v) is 0.197. The first kappa shape index (κ1) is 11.7. The monoisotopic (exact) mass is 143 g/mol. The van der Waals surface area contributed by atoms with Crippen LogP contribution in [-0.2, 0) is 0 Å². The first-order valence-corrected chi connectivity index (χ1v) is 3.10. The van der Waals surface area contributed by atoms with Crippen LogP contribution in [0.5, 0.6) is 0 Å². The molecule has 0 spiro atoms. The SMILES string of the molecule is C=C(N)/C=C\C(=C)F.CC. The quantitative estimate of drug-likeness (QED) is 0.590. The molecule has 0 bridgehead atoms. The Morgan fingerprint density at radius 3 is 1.80 bits per heavy atom. The summed E-state index contributed by atoms with van der Waals surface area (Å²) in [7, 11) is 0. The third kappa shape index (κ3) is 15.8. The maximum absolute atomic E-state index is 11.7. The second-order valence-electron chi connectivity index (χ2n) is 1.36. The summed E-state index contributed by atoms with van der Waals surface area (Å²) in [6.07, 6.45) is 2.50. The van der Waals surface area contributed by atoms with Crippen molar-refractivity contribution in [2.24, 2.45) is 5.73 Å². The fraction of sp³-hybridized carbons (Fsp3) is 0.250. The summed E-state index contributed by atoms with van der Waals surface area (Å²) < 4.78 is 11.7. The number of nitrogens with two attached hydrogens (primary N) is 1. The van der Waals surface area contributed by atoms with Crippen LogP contribution in [0.15, 0.2) is 36.8 Å². The van der Waals surface area contributed by atoms with Crippen LogP contribution in [0.2, 0.25) is 0 Å². The van der Waals surface area contributed by atoms with Crippen LogP contribution >= 0.6 is 0 Å². The molecule has 0 aliphatic heterocycles. The van der Waals surface area contributed by atoms with Gasteiger partial charge in [-0.15, -0.1) is 0 Å². The van der Waals surface area contributed by atoms with Gasteiger partial charge >= 0.3 is 0 Å². The van der Waals surface area contributed by atoms with Crippen molar-refractivity contribution in [2.75, 3.05) is 0 Å². The first-order chi connectivity index (χ1) is 4.63. The molecule has 0 heterocycles. The van der Waals surface area contributed by atoms with Crippen molar-refractivity contribution >= 4 is 0 Å². The zero-order chi connectivity index (χ0) is 8.57. The van der Waals surface area contributed by atoms with Crippen LogP contribution in [0.3, 0.4) is 0 Å². The molecule has 0 fully saturated rings. The van der Waals surface area contributed by atoms with Gasteiger partial charge in [0.15, 0.2) is 0 Å². The van der Waals surface area contributed by atoms with E-state index in [0.717, 1.165) is 6.08 Å². The average molecular weight is 143 g/mol. The van der Waals surface area contributed by atoms with Gasteiger partial charge in [0.05, 0.1) is 0 Å². The van der Waals surface area contributed by atoms with E-state index in [2.05, 4.69) is 13.2 Å². The zero-order valence-corrected chi connectivity index (χ0v) is 6.52. The molecular formula is C8H14FN. The van der Waals surface area contributed by atoms with Crippen molar-refractivity contribution < 1.29 is 4.39 Å². The molecule has 10 heavy (non-hydrogen) atoms. The van der Waals surface area contributed by atoms with E-state index in [4.69, 9.17) is 5.73 Å². The Kier molecular flexibility index (Phi) is 9.31. The van der Waals surface area contributed by atoms with E-state index < -0.39 is 5.83 Å². The lowest BCUT2D eigenvalue weighted by atomic mass is 10.4. The number of halogens is 1. The molecular weight excluding hydrogens is 129 g/mol. The highest BCUT2D eigenvalue weighted by Gasteiger charge is 1.76. The third-order valence-corrected chi connectivity index (χ3v) is 0.478. The standard InChI is InChI=1S/C6H8FN.C2H6/c1-5(7)3-4-6(2)8;1-2/h3-4H,1-2,8H2;1-2H3/b4-3-;. The topological polar surface area (TPSA) is 26.0 Å². The summed E-state index contributed by atoms with van der Waals surface area (Å²) in [4.78, 5) is 0. The predicted octanol–water partition coefficient (Wildman–Crippen LogP) is 2.52. The van der Waals surface area contributed by atoms with Crippen molar-refractivity contribution in [2.45, 2.75) is 13.8 Å². The molecule has 2 heteroatoms. The Labute approximate surface area is 61.7 Å². The Morgan fingerprint density at radius 1 is 1.30 bits per heavy atom. The highest BCUT2D eigenvalue weighted by Crippen LogP contribution is 1.93. The van der Waals surface area contributed by atoms with Crippen molar-refractivity contribution in [3.05, 3.63) is 36.8 Å². The lowest BCUT2D eigenvalue weighted by Crippen LogP contribution is -1.87. The molecule has 0 saturated carbocycles. The number of hydrogen-bond donors (Lipinski definition) is 1. The van der Waals surface area contributed by atoms with Gasteiger partial charge in [-0.2, -0.15) is 0 Å². The van der Waals surface area contributed by atoms with Gasteiger partial charge in [-0.25, -0.2) is 4.39 Å². The minimum Gasteiger partial charge on any atom is -0.399 e. The molecule has 0 rings (SSSR count). The minimum absolute atomic E-state index is 0.323. The third-order valence-electron chi connectivity index (χ3n) is 0.478. The molecule has 0 unspecified atom stereocenters. The van der Waals surface area contributed by atoms with Crippen LogP contribution in [0, 0.1) is 0 Å². The molecule has 0 aromatic rings. The smallest absolute Gasteiger partial charge is 0.116 e. The van der Waals surface area contributed by atoms with Crippen molar-refractivity contribution in [3.8, 4) is 0 Å². The average Bonchev–Trinajstić information content (AvgIpc) is 1.89. The number of allylic oxidation sites excluding steroid dienone is 3. The molecule has 0 saturated heterocycles. The molecule has 0 radical (unpaired) electrons. The van der Waals surface area contributed by atoms with Crippen LogP contribution in [0.1, 0.15) is 13.8 Å². The Morgan fingerprint density at radius 2 is 1.70 bits per heavy atom. The molecule has 1 nitrogen and oxygen atoms in total. The van der Waals surface area contributed by atoms with E-state index in [9.17, 15) is 4.39 Å². The van der Waals surface area contributed by atoms with Gasteiger partial charge in [0.2, 0.25) is 0 Å². The molecule has 0 aliphatic carbocycles. The molecule has 0 atom stereocenters. The molecule has 0 aromatic carbocycles. The Balaban J connectivity index is 0.